The van der Waals surface area contributed by atoms with E-state index >= 15 is 0 Å². The van der Waals surface area contributed by atoms with Gasteiger partial charge >= 0.3 is 6.09 Å². The molecule has 2 aliphatic rings. The molecule has 3 rings (SSSR count). The van der Waals surface area contributed by atoms with Crippen LogP contribution in [0.2, 0.25) is 0 Å². The molecular formula is C19H27FN2O2. The van der Waals surface area contributed by atoms with Gasteiger partial charge in [0.05, 0.1) is 0 Å². The first kappa shape index (κ1) is 17.2. The molecule has 1 N–H and O–H groups in total. The number of benzene rings is 1. The summed E-state index contributed by atoms with van der Waals surface area (Å²) in [5.74, 6) is 0.720. The minimum Gasteiger partial charge on any atom is -0.445 e. The number of alkyl halides is 1. The Kier molecular flexibility index (Phi) is 6.07. The van der Waals surface area contributed by atoms with Gasteiger partial charge in [0.25, 0.3) is 0 Å². The van der Waals surface area contributed by atoms with Gasteiger partial charge in [0.2, 0.25) is 0 Å². The van der Waals surface area contributed by atoms with Crippen molar-refractivity contribution in [1.82, 2.24) is 10.2 Å². The summed E-state index contributed by atoms with van der Waals surface area (Å²) in [6.07, 6.45) is 2.85. The predicted octanol–water partition coefficient (Wildman–Crippen LogP) is 3.37. The number of likely N-dealkylation sites (tertiary alicyclic amines) is 1. The van der Waals surface area contributed by atoms with E-state index in [1.165, 1.54) is 0 Å². The summed E-state index contributed by atoms with van der Waals surface area (Å²) >= 11 is 0. The highest BCUT2D eigenvalue weighted by atomic mass is 19.1. The molecule has 0 spiro atoms. The van der Waals surface area contributed by atoms with Crippen molar-refractivity contribution < 1.29 is 13.9 Å². The van der Waals surface area contributed by atoms with Crippen molar-refractivity contribution >= 4 is 6.09 Å². The van der Waals surface area contributed by atoms with E-state index in [-0.39, 0.29) is 12.0 Å². The number of piperidine rings is 2. The Morgan fingerprint density at radius 1 is 1.21 bits per heavy atom. The van der Waals surface area contributed by atoms with Gasteiger partial charge in [0.1, 0.15) is 12.8 Å². The van der Waals surface area contributed by atoms with E-state index in [1.54, 1.807) is 4.90 Å². The number of nitrogens with zero attached hydrogens (tertiary/aromatic N) is 1. The molecule has 132 valence electrons. The van der Waals surface area contributed by atoms with Crippen LogP contribution in [0.3, 0.4) is 0 Å². The fourth-order valence-electron chi connectivity index (χ4n) is 3.73. The van der Waals surface area contributed by atoms with Crippen LogP contribution in [0.1, 0.15) is 31.2 Å². The largest absolute Gasteiger partial charge is 0.445 e. The second kappa shape index (κ2) is 8.47. The maximum atomic E-state index is 13.9. The lowest BCUT2D eigenvalue weighted by Crippen LogP contribution is -2.42. The number of amides is 1. The molecule has 2 heterocycles. The zero-order valence-corrected chi connectivity index (χ0v) is 14.1. The minimum absolute atomic E-state index is 0.188. The Hall–Kier alpha value is -1.62. The highest BCUT2D eigenvalue weighted by Crippen LogP contribution is 2.30. The molecule has 2 aliphatic heterocycles. The Balaban J connectivity index is 1.39. The molecule has 1 aromatic rings. The van der Waals surface area contributed by atoms with Crippen molar-refractivity contribution in [2.45, 2.75) is 38.5 Å². The van der Waals surface area contributed by atoms with Gasteiger partial charge in [-0.15, -0.1) is 0 Å². The third kappa shape index (κ3) is 4.69. The van der Waals surface area contributed by atoms with Gasteiger partial charge < -0.3 is 15.0 Å². The van der Waals surface area contributed by atoms with Gasteiger partial charge in [-0.05, 0) is 49.6 Å². The van der Waals surface area contributed by atoms with Crippen molar-refractivity contribution in [2.24, 2.45) is 11.8 Å². The van der Waals surface area contributed by atoms with Gasteiger partial charge in [-0.1, -0.05) is 30.3 Å². The second-order valence-electron chi connectivity index (χ2n) is 6.98. The first-order valence-corrected chi connectivity index (χ1v) is 9.03. The number of rotatable bonds is 4. The number of hydrogen-bond donors (Lipinski definition) is 1. The van der Waals surface area contributed by atoms with E-state index in [0.717, 1.165) is 50.9 Å². The molecule has 0 aromatic heterocycles. The maximum absolute atomic E-state index is 13.9. The molecule has 0 unspecified atom stereocenters. The molecule has 24 heavy (non-hydrogen) atoms. The zero-order valence-electron chi connectivity index (χ0n) is 14.1. The molecule has 0 radical (unpaired) electrons. The fourth-order valence-corrected chi connectivity index (χ4v) is 3.73. The topological polar surface area (TPSA) is 41.6 Å². The Morgan fingerprint density at radius 2 is 1.96 bits per heavy atom. The lowest BCUT2D eigenvalue weighted by atomic mass is 9.82. The van der Waals surface area contributed by atoms with Crippen LogP contribution in [0, 0.1) is 11.8 Å². The molecule has 5 heteroatoms. The number of halogens is 1. The van der Waals surface area contributed by atoms with Crippen LogP contribution in [-0.4, -0.2) is 43.3 Å². The highest BCUT2D eigenvalue weighted by Gasteiger charge is 2.30. The first-order valence-electron chi connectivity index (χ1n) is 9.03. The lowest BCUT2D eigenvalue weighted by molar-refractivity contribution is 0.0744. The summed E-state index contributed by atoms with van der Waals surface area (Å²) in [5.41, 5.74) is 1.00. The van der Waals surface area contributed by atoms with Crippen LogP contribution in [0.4, 0.5) is 9.18 Å². The van der Waals surface area contributed by atoms with Crippen LogP contribution in [0.25, 0.3) is 0 Å². The maximum Gasteiger partial charge on any atom is 0.410 e. The van der Waals surface area contributed by atoms with Gasteiger partial charge in [-0.2, -0.15) is 0 Å². The van der Waals surface area contributed by atoms with Crippen LogP contribution in [-0.2, 0) is 11.3 Å². The van der Waals surface area contributed by atoms with Crippen LogP contribution in [0.5, 0.6) is 0 Å². The van der Waals surface area contributed by atoms with E-state index < -0.39 is 6.17 Å². The minimum atomic E-state index is -0.715. The summed E-state index contributed by atoms with van der Waals surface area (Å²) in [6, 6.07) is 9.72. The molecule has 4 nitrogen and oxygen atoms in total. The van der Waals surface area contributed by atoms with E-state index in [1.807, 2.05) is 30.3 Å². The first-order chi connectivity index (χ1) is 11.7. The van der Waals surface area contributed by atoms with Gasteiger partial charge in [0.15, 0.2) is 0 Å². The number of nitrogens with one attached hydrogen (secondary N) is 1. The average molecular weight is 334 g/mol. The summed E-state index contributed by atoms with van der Waals surface area (Å²) in [5, 5.41) is 3.11. The number of carbonyl (C=O) groups excluding carboxylic acids is 1. The summed E-state index contributed by atoms with van der Waals surface area (Å²) in [6.45, 7) is 3.18. The van der Waals surface area contributed by atoms with E-state index in [2.05, 4.69) is 5.32 Å². The van der Waals surface area contributed by atoms with Crippen molar-refractivity contribution in [3.8, 4) is 0 Å². The highest BCUT2D eigenvalue weighted by molar-refractivity contribution is 5.67. The van der Waals surface area contributed by atoms with Crippen molar-refractivity contribution in [3.63, 3.8) is 0 Å². The fraction of sp³-hybridized carbons (Fsp3) is 0.632. The van der Waals surface area contributed by atoms with E-state index in [4.69, 9.17) is 4.74 Å². The smallest absolute Gasteiger partial charge is 0.410 e. The summed E-state index contributed by atoms with van der Waals surface area (Å²) < 4.78 is 19.3. The molecular weight excluding hydrogens is 307 g/mol. The third-order valence-corrected chi connectivity index (χ3v) is 5.26. The quantitative estimate of drug-likeness (QED) is 0.918. The molecule has 2 saturated heterocycles. The summed E-state index contributed by atoms with van der Waals surface area (Å²) in [4.78, 5) is 13.9. The second-order valence-corrected chi connectivity index (χ2v) is 6.98. The standard InChI is InChI=1S/C19H27FN2O2/c20-18-13-21-9-6-17(18)12-15-7-10-22(11-8-15)19(23)24-14-16-4-2-1-3-5-16/h1-5,15,17-18,21H,6-14H2/t17-,18+/m1/s1. The molecule has 1 amide bonds. The number of hydrogen-bond acceptors (Lipinski definition) is 3. The Bertz CT molecular complexity index is 517. The SMILES string of the molecule is O=C(OCc1ccccc1)N1CCC(C[C@H]2CCNC[C@@H]2F)CC1. The summed E-state index contributed by atoms with van der Waals surface area (Å²) in [7, 11) is 0. The molecule has 0 saturated carbocycles. The monoisotopic (exact) mass is 334 g/mol. The Labute approximate surface area is 143 Å². The molecule has 0 aliphatic carbocycles. The predicted molar refractivity (Wildman–Crippen MR) is 91.4 cm³/mol. The van der Waals surface area contributed by atoms with Crippen molar-refractivity contribution in [3.05, 3.63) is 35.9 Å². The van der Waals surface area contributed by atoms with Crippen molar-refractivity contribution in [2.75, 3.05) is 26.2 Å². The van der Waals surface area contributed by atoms with Gasteiger partial charge in [0, 0.05) is 19.6 Å². The molecule has 2 fully saturated rings. The molecule has 1 aromatic carbocycles. The van der Waals surface area contributed by atoms with E-state index in [0.29, 0.717) is 19.1 Å². The zero-order chi connectivity index (χ0) is 16.8. The molecule has 0 bridgehead atoms. The van der Waals surface area contributed by atoms with Crippen LogP contribution >= 0.6 is 0 Å². The van der Waals surface area contributed by atoms with Crippen LogP contribution < -0.4 is 5.32 Å². The van der Waals surface area contributed by atoms with Gasteiger partial charge in [-0.25, -0.2) is 9.18 Å². The third-order valence-electron chi connectivity index (χ3n) is 5.26. The van der Waals surface area contributed by atoms with Crippen LogP contribution in [0.15, 0.2) is 30.3 Å². The van der Waals surface area contributed by atoms with Crippen molar-refractivity contribution in [1.29, 1.82) is 0 Å². The Morgan fingerprint density at radius 3 is 2.67 bits per heavy atom. The number of carbonyl (C=O) groups is 1. The lowest BCUT2D eigenvalue weighted by Gasteiger charge is -2.35. The normalized spacial score (nSPS) is 25.5. The van der Waals surface area contributed by atoms with E-state index in [9.17, 15) is 9.18 Å². The average Bonchev–Trinajstić information content (AvgIpc) is 2.63. The molecule has 2 atom stereocenters. The van der Waals surface area contributed by atoms with Gasteiger partial charge in [-0.3, -0.25) is 0 Å². The number of ether oxygens (including phenoxy) is 1.